The van der Waals surface area contributed by atoms with Gasteiger partial charge in [-0.05, 0) is 12.8 Å². The van der Waals surface area contributed by atoms with Crippen LogP contribution in [0.4, 0.5) is 13.2 Å². The number of alkyl halides is 3. The zero-order chi connectivity index (χ0) is 15.1. The minimum Gasteiger partial charge on any atom is -0.314 e. The first-order valence-electron chi connectivity index (χ1n) is 6.76. The Morgan fingerprint density at radius 3 is 2.40 bits per heavy atom. The molecule has 0 saturated carbocycles. The van der Waals surface area contributed by atoms with Crippen LogP contribution in [-0.4, -0.2) is 64.5 Å². The van der Waals surface area contributed by atoms with Crippen molar-refractivity contribution in [2.75, 3.05) is 45.0 Å². The van der Waals surface area contributed by atoms with Crippen LogP contribution in [0.1, 0.15) is 19.3 Å². The van der Waals surface area contributed by atoms with Gasteiger partial charge in [-0.3, -0.25) is 4.90 Å². The first-order valence-corrected chi connectivity index (χ1v) is 8.41. The number of hydrogen-bond acceptors (Lipinski definition) is 4. The average molecular weight is 317 g/mol. The molecule has 1 aliphatic heterocycles. The van der Waals surface area contributed by atoms with Crippen LogP contribution in [0.25, 0.3) is 0 Å². The van der Waals surface area contributed by atoms with Gasteiger partial charge in [0.25, 0.3) is 0 Å². The molecule has 9 heteroatoms. The van der Waals surface area contributed by atoms with Crippen LogP contribution in [0, 0.1) is 0 Å². The molecule has 0 aromatic rings. The molecule has 1 fully saturated rings. The fourth-order valence-corrected chi connectivity index (χ4v) is 3.03. The summed E-state index contributed by atoms with van der Waals surface area (Å²) in [6.45, 7) is 3.87. The van der Waals surface area contributed by atoms with Crippen molar-refractivity contribution >= 4 is 10.0 Å². The summed E-state index contributed by atoms with van der Waals surface area (Å²) in [5.74, 6) is -0.00767. The zero-order valence-electron chi connectivity index (χ0n) is 11.4. The van der Waals surface area contributed by atoms with Crippen molar-refractivity contribution in [1.29, 1.82) is 0 Å². The van der Waals surface area contributed by atoms with E-state index in [-0.39, 0.29) is 25.1 Å². The minimum absolute atomic E-state index is 0.00767. The third-order valence-electron chi connectivity index (χ3n) is 3.09. The molecule has 0 aromatic carbocycles. The molecule has 1 rings (SSSR count). The first kappa shape index (κ1) is 17.7. The van der Waals surface area contributed by atoms with Crippen molar-refractivity contribution < 1.29 is 21.6 Å². The molecule has 1 aliphatic rings. The number of halogens is 3. The standard InChI is InChI=1S/C11H22F3N3O2S/c12-11(13,14)3-1-2-4-16-20(18,19)10-9-17-7-5-15-6-8-17/h15-16H,1-10H2. The third kappa shape index (κ3) is 8.72. The van der Waals surface area contributed by atoms with Crippen molar-refractivity contribution in [1.82, 2.24) is 14.9 Å². The summed E-state index contributed by atoms with van der Waals surface area (Å²) in [7, 11) is -3.39. The Balaban J connectivity index is 2.11. The molecule has 0 amide bonds. The Morgan fingerprint density at radius 2 is 1.80 bits per heavy atom. The summed E-state index contributed by atoms with van der Waals surface area (Å²) in [4.78, 5) is 2.05. The second-order valence-electron chi connectivity index (χ2n) is 4.88. The first-order chi connectivity index (χ1) is 9.29. The summed E-state index contributed by atoms with van der Waals surface area (Å²) in [5.41, 5.74) is 0. The molecule has 5 nitrogen and oxygen atoms in total. The van der Waals surface area contributed by atoms with Crippen LogP contribution in [-0.2, 0) is 10.0 Å². The largest absolute Gasteiger partial charge is 0.389 e. The van der Waals surface area contributed by atoms with Crippen LogP contribution in [0.5, 0.6) is 0 Å². The second-order valence-corrected chi connectivity index (χ2v) is 6.80. The fourth-order valence-electron chi connectivity index (χ4n) is 1.93. The van der Waals surface area contributed by atoms with Crippen LogP contribution in [0.3, 0.4) is 0 Å². The van der Waals surface area contributed by atoms with Crippen molar-refractivity contribution in [3.05, 3.63) is 0 Å². The van der Waals surface area contributed by atoms with E-state index < -0.39 is 22.6 Å². The van der Waals surface area contributed by atoms with Crippen molar-refractivity contribution in [3.63, 3.8) is 0 Å². The van der Waals surface area contributed by atoms with Gasteiger partial charge in [0, 0.05) is 45.7 Å². The lowest BCUT2D eigenvalue weighted by molar-refractivity contribution is -0.135. The molecule has 0 aliphatic carbocycles. The molecular weight excluding hydrogens is 295 g/mol. The molecule has 0 radical (unpaired) electrons. The maximum Gasteiger partial charge on any atom is 0.389 e. The van der Waals surface area contributed by atoms with Crippen molar-refractivity contribution in [2.24, 2.45) is 0 Å². The van der Waals surface area contributed by atoms with E-state index in [0.717, 1.165) is 26.2 Å². The molecule has 120 valence electrons. The van der Waals surface area contributed by atoms with E-state index in [1.807, 2.05) is 0 Å². The van der Waals surface area contributed by atoms with E-state index >= 15 is 0 Å². The lowest BCUT2D eigenvalue weighted by Crippen LogP contribution is -2.46. The highest BCUT2D eigenvalue weighted by Gasteiger charge is 2.25. The summed E-state index contributed by atoms with van der Waals surface area (Å²) in [6.07, 6.45) is -4.88. The Bertz CT molecular complexity index is 368. The molecule has 2 N–H and O–H groups in total. The Morgan fingerprint density at radius 1 is 1.15 bits per heavy atom. The highest BCUT2D eigenvalue weighted by Crippen LogP contribution is 2.21. The number of piperazine rings is 1. The van der Waals surface area contributed by atoms with Crippen LogP contribution < -0.4 is 10.0 Å². The normalized spacial score (nSPS) is 18.4. The summed E-state index contributed by atoms with van der Waals surface area (Å²) in [5, 5.41) is 3.17. The van der Waals surface area contributed by atoms with Gasteiger partial charge >= 0.3 is 6.18 Å². The molecule has 0 bridgehead atoms. The number of hydrogen-bond donors (Lipinski definition) is 2. The zero-order valence-corrected chi connectivity index (χ0v) is 12.2. The molecule has 0 unspecified atom stereocenters. The van der Waals surface area contributed by atoms with Gasteiger partial charge in [-0.15, -0.1) is 0 Å². The van der Waals surface area contributed by atoms with Crippen molar-refractivity contribution in [3.8, 4) is 0 Å². The van der Waals surface area contributed by atoms with Gasteiger partial charge in [0.05, 0.1) is 5.75 Å². The third-order valence-corrected chi connectivity index (χ3v) is 4.46. The smallest absolute Gasteiger partial charge is 0.314 e. The topological polar surface area (TPSA) is 61.4 Å². The summed E-state index contributed by atoms with van der Waals surface area (Å²) in [6, 6.07) is 0. The van der Waals surface area contributed by atoms with Gasteiger partial charge in [0.15, 0.2) is 0 Å². The van der Waals surface area contributed by atoms with E-state index in [2.05, 4.69) is 14.9 Å². The maximum absolute atomic E-state index is 11.9. The Hall–Kier alpha value is -0.380. The summed E-state index contributed by atoms with van der Waals surface area (Å²) >= 11 is 0. The lowest BCUT2D eigenvalue weighted by Gasteiger charge is -2.26. The molecule has 1 saturated heterocycles. The molecule has 0 spiro atoms. The summed E-state index contributed by atoms with van der Waals surface area (Å²) < 4.78 is 61.3. The van der Waals surface area contributed by atoms with Crippen LogP contribution in [0.2, 0.25) is 0 Å². The predicted molar refractivity (Wildman–Crippen MR) is 71.0 cm³/mol. The fraction of sp³-hybridized carbons (Fsp3) is 1.00. The number of nitrogens with one attached hydrogen (secondary N) is 2. The van der Waals surface area contributed by atoms with Gasteiger partial charge in [0.2, 0.25) is 10.0 Å². The van der Waals surface area contributed by atoms with Gasteiger partial charge in [-0.2, -0.15) is 13.2 Å². The molecular formula is C11H22F3N3O2S. The van der Waals surface area contributed by atoms with Crippen LogP contribution >= 0.6 is 0 Å². The monoisotopic (exact) mass is 317 g/mol. The average Bonchev–Trinajstić information content (AvgIpc) is 2.36. The SMILES string of the molecule is O=S(=O)(CCN1CCNCC1)NCCCCC(F)(F)F. The highest BCUT2D eigenvalue weighted by molar-refractivity contribution is 7.89. The Kier molecular flexibility index (Phi) is 7.21. The van der Waals surface area contributed by atoms with E-state index in [1.54, 1.807) is 0 Å². The number of unbranched alkanes of at least 4 members (excludes halogenated alkanes) is 1. The number of rotatable bonds is 8. The van der Waals surface area contributed by atoms with E-state index in [9.17, 15) is 21.6 Å². The minimum atomic E-state index is -4.17. The maximum atomic E-state index is 11.9. The van der Waals surface area contributed by atoms with Gasteiger partial charge < -0.3 is 5.32 Å². The van der Waals surface area contributed by atoms with Crippen LogP contribution in [0.15, 0.2) is 0 Å². The van der Waals surface area contributed by atoms with Gasteiger partial charge in [0.1, 0.15) is 0 Å². The van der Waals surface area contributed by atoms with Gasteiger partial charge in [-0.1, -0.05) is 0 Å². The van der Waals surface area contributed by atoms with Gasteiger partial charge in [-0.25, -0.2) is 13.1 Å². The highest BCUT2D eigenvalue weighted by atomic mass is 32.2. The number of sulfonamides is 1. The predicted octanol–water partition coefficient (Wildman–Crippen LogP) is 0.544. The van der Waals surface area contributed by atoms with E-state index in [4.69, 9.17) is 0 Å². The molecule has 1 heterocycles. The molecule has 0 atom stereocenters. The van der Waals surface area contributed by atoms with E-state index in [1.165, 1.54) is 0 Å². The Labute approximate surface area is 117 Å². The quantitative estimate of drug-likeness (QED) is 0.642. The second kappa shape index (κ2) is 8.16. The molecule has 0 aromatic heterocycles. The number of nitrogens with zero attached hydrogens (tertiary/aromatic N) is 1. The van der Waals surface area contributed by atoms with Crippen molar-refractivity contribution in [2.45, 2.75) is 25.4 Å². The molecule has 20 heavy (non-hydrogen) atoms. The van der Waals surface area contributed by atoms with E-state index in [0.29, 0.717) is 6.54 Å². The lowest BCUT2D eigenvalue weighted by atomic mass is 10.2.